The lowest BCUT2D eigenvalue weighted by Gasteiger charge is -2.30. The van der Waals surface area contributed by atoms with Crippen molar-refractivity contribution in [2.24, 2.45) is 0 Å². The van der Waals surface area contributed by atoms with Crippen LogP contribution in [0.2, 0.25) is 0 Å². The highest BCUT2D eigenvalue weighted by Gasteiger charge is 2.22. The van der Waals surface area contributed by atoms with E-state index in [1.165, 1.54) is 0 Å². The molecule has 18 heavy (non-hydrogen) atoms. The fraction of sp³-hybridized carbons (Fsp3) is 0.667. The van der Waals surface area contributed by atoms with Crippen molar-refractivity contribution in [1.29, 1.82) is 0 Å². The van der Waals surface area contributed by atoms with Gasteiger partial charge < -0.3 is 15.3 Å². The standard InChI is InChI=1S/C12H20N4O2/c1-15-9-11(2-3-12(15)18)13-6-10-7-14-16(8-10)4-5-17/h7-8,11,13,17H,2-6,9H2,1H3. The molecule has 2 rings (SSSR count). The second kappa shape index (κ2) is 5.97. The summed E-state index contributed by atoms with van der Waals surface area (Å²) in [5, 5.41) is 16.4. The van der Waals surface area contributed by atoms with Crippen LogP contribution in [0.5, 0.6) is 0 Å². The summed E-state index contributed by atoms with van der Waals surface area (Å²) < 4.78 is 1.73. The zero-order chi connectivity index (χ0) is 13.0. The van der Waals surface area contributed by atoms with E-state index in [1.54, 1.807) is 15.8 Å². The number of nitrogens with zero attached hydrogens (tertiary/aromatic N) is 3. The van der Waals surface area contributed by atoms with E-state index in [-0.39, 0.29) is 12.5 Å². The van der Waals surface area contributed by atoms with Crippen LogP contribution in [0.3, 0.4) is 0 Å². The van der Waals surface area contributed by atoms with Gasteiger partial charge in [0, 0.05) is 44.4 Å². The molecule has 2 N–H and O–H groups in total. The number of amides is 1. The van der Waals surface area contributed by atoms with Gasteiger partial charge in [0.15, 0.2) is 0 Å². The quantitative estimate of drug-likeness (QED) is 0.747. The van der Waals surface area contributed by atoms with Crippen LogP contribution in [-0.2, 0) is 17.9 Å². The second-order valence-corrected chi connectivity index (χ2v) is 4.73. The van der Waals surface area contributed by atoms with Crippen molar-refractivity contribution in [2.45, 2.75) is 32.0 Å². The van der Waals surface area contributed by atoms with Crippen LogP contribution in [-0.4, -0.2) is 51.9 Å². The van der Waals surface area contributed by atoms with E-state index in [0.29, 0.717) is 19.0 Å². The minimum absolute atomic E-state index is 0.101. The van der Waals surface area contributed by atoms with Crippen LogP contribution in [0, 0.1) is 0 Å². The highest BCUT2D eigenvalue weighted by Crippen LogP contribution is 2.10. The number of likely N-dealkylation sites (N-methyl/N-ethyl adjacent to an activating group) is 1. The number of carbonyl (C=O) groups excluding carboxylic acids is 1. The molecule has 0 spiro atoms. The Morgan fingerprint density at radius 2 is 2.44 bits per heavy atom. The van der Waals surface area contributed by atoms with Crippen molar-refractivity contribution in [3.63, 3.8) is 0 Å². The van der Waals surface area contributed by atoms with Crippen molar-refractivity contribution in [3.8, 4) is 0 Å². The highest BCUT2D eigenvalue weighted by atomic mass is 16.3. The summed E-state index contributed by atoms with van der Waals surface area (Å²) in [7, 11) is 1.84. The normalized spacial score (nSPS) is 20.4. The van der Waals surface area contributed by atoms with Gasteiger partial charge in [0.25, 0.3) is 0 Å². The third kappa shape index (κ3) is 3.30. The Labute approximate surface area is 107 Å². The van der Waals surface area contributed by atoms with Gasteiger partial charge >= 0.3 is 0 Å². The first kappa shape index (κ1) is 13.0. The van der Waals surface area contributed by atoms with Crippen molar-refractivity contribution >= 4 is 5.91 Å². The van der Waals surface area contributed by atoms with E-state index in [9.17, 15) is 4.79 Å². The summed E-state index contributed by atoms with van der Waals surface area (Å²) in [6, 6.07) is 0.355. The van der Waals surface area contributed by atoms with Crippen molar-refractivity contribution in [1.82, 2.24) is 20.0 Å². The fourth-order valence-corrected chi connectivity index (χ4v) is 2.16. The molecule has 2 heterocycles. The Balaban J connectivity index is 1.78. The minimum Gasteiger partial charge on any atom is -0.394 e. The number of likely N-dealkylation sites (tertiary alicyclic amines) is 1. The molecule has 0 saturated carbocycles. The van der Waals surface area contributed by atoms with Gasteiger partial charge in [-0.3, -0.25) is 9.48 Å². The number of nitrogens with one attached hydrogen (secondary N) is 1. The largest absolute Gasteiger partial charge is 0.394 e. The van der Waals surface area contributed by atoms with E-state index in [0.717, 1.165) is 25.1 Å². The molecule has 1 unspecified atom stereocenters. The third-order valence-electron chi connectivity index (χ3n) is 3.24. The first-order chi connectivity index (χ1) is 8.69. The lowest BCUT2D eigenvalue weighted by atomic mass is 10.1. The predicted molar refractivity (Wildman–Crippen MR) is 66.8 cm³/mol. The average Bonchev–Trinajstić information content (AvgIpc) is 2.79. The van der Waals surface area contributed by atoms with Gasteiger partial charge in [-0.15, -0.1) is 0 Å². The van der Waals surface area contributed by atoms with Crippen LogP contribution >= 0.6 is 0 Å². The Hall–Kier alpha value is -1.40. The average molecular weight is 252 g/mol. The molecular formula is C12H20N4O2. The highest BCUT2D eigenvalue weighted by molar-refractivity contribution is 5.76. The van der Waals surface area contributed by atoms with Gasteiger partial charge in [-0.1, -0.05) is 0 Å². The number of aliphatic hydroxyl groups excluding tert-OH is 1. The molecule has 1 atom stereocenters. The maximum atomic E-state index is 11.4. The van der Waals surface area contributed by atoms with Crippen LogP contribution in [0.15, 0.2) is 12.4 Å². The Morgan fingerprint density at radius 1 is 1.61 bits per heavy atom. The first-order valence-corrected chi connectivity index (χ1v) is 6.28. The molecule has 0 bridgehead atoms. The van der Waals surface area contributed by atoms with Gasteiger partial charge in [-0.2, -0.15) is 5.10 Å². The van der Waals surface area contributed by atoms with E-state index in [2.05, 4.69) is 10.4 Å². The molecule has 1 aromatic heterocycles. The Kier molecular flexibility index (Phi) is 4.33. The van der Waals surface area contributed by atoms with Crippen LogP contribution in [0.1, 0.15) is 18.4 Å². The molecule has 1 aliphatic rings. The number of piperidine rings is 1. The summed E-state index contributed by atoms with van der Waals surface area (Å²) >= 11 is 0. The molecule has 1 fully saturated rings. The second-order valence-electron chi connectivity index (χ2n) is 4.73. The fourth-order valence-electron chi connectivity index (χ4n) is 2.16. The molecule has 0 aromatic carbocycles. The zero-order valence-corrected chi connectivity index (χ0v) is 10.7. The molecule has 1 saturated heterocycles. The van der Waals surface area contributed by atoms with Crippen molar-refractivity contribution < 1.29 is 9.90 Å². The van der Waals surface area contributed by atoms with Gasteiger partial charge in [-0.25, -0.2) is 0 Å². The number of carbonyl (C=O) groups is 1. The smallest absolute Gasteiger partial charge is 0.222 e. The molecule has 1 amide bonds. The summed E-state index contributed by atoms with van der Waals surface area (Å²) in [5.74, 6) is 0.226. The van der Waals surface area contributed by atoms with E-state index >= 15 is 0 Å². The van der Waals surface area contributed by atoms with Crippen molar-refractivity contribution in [3.05, 3.63) is 18.0 Å². The number of aromatic nitrogens is 2. The summed E-state index contributed by atoms with van der Waals surface area (Å²) in [5.41, 5.74) is 1.10. The number of hydrogen-bond donors (Lipinski definition) is 2. The number of aliphatic hydroxyl groups is 1. The van der Waals surface area contributed by atoms with E-state index < -0.39 is 0 Å². The maximum Gasteiger partial charge on any atom is 0.222 e. The van der Waals surface area contributed by atoms with E-state index in [4.69, 9.17) is 5.11 Å². The molecule has 6 heteroatoms. The Bertz CT molecular complexity index is 405. The molecule has 0 aliphatic carbocycles. The molecule has 1 aliphatic heterocycles. The van der Waals surface area contributed by atoms with Gasteiger partial charge in [0.2, 0.25) is 5.91 Å². The topological polar surface area (TPSA) is 70.4 Å². The summed E-state index contributed by atoms with van der Waals surface area (Å²) in [4.78, 5) is 13.1. The predicted octanol–water partition coefficient (Wildman–Crippen LogP) is -0.414. The monoisotopic (exact) mass is 252 g/mol. The van der Waals surface area contributed by atoms with Crippen LogP contribution in [0.25, 0.3) is 0 Å². The number of rotatable bonds is 5. The van der Waals surface area contributed by atoms with Gasteiger partial charge in [0.05, 0.1) is 19.3 Å². The van der Waals surface area contributed by atoms with Crippen LogP contribution in [0.4, 0.5) is 0 Å². The molecule has 0 radical (unpaired) electrons. The third-order valence-corrected chi connectivity index (χ3v) is 3.24. The molecule has 100 valence electrons. The molecular weight excluding hydrogens is 232 g/mol. The van der Waals surface area contributed by atoms with Gasteiger partial charge in [0.1, 0.15) is 0 Å². The van der Waals surface area contributed by atoms with Gasteiger partial charge in [-0.05, 0) is 6.42 Å². The van der Waals surface area contributed by atoms with Crippen LogP contribution < -0.4 is 5.32 Å². The molecule has 6 nitrogen and oxygen atoms in total. The van der Waals surface area contributed by atoms with E-state index in [1.807, 2.05) is 13.2 Å². The summed E-state index contributed by atoms with van der Waals surface area (Å²) in [6.45, 7) is 2.15. The zero-order valence-electron chi connectivity index (χ0n) is 10.7. The SMILES string of the molecule is CN1CC(NCc2cnn(CCO)c2)CCC1=O. The summed E-state index contributed by atoms with van der Waals surface area (Å²) in [6.07, 6.45) is 5.26. The lowest BCUT2D eigenvalue weighted by Crippen LogP contribution is -2.46. The Morgan fingerprint density at radius 3 is 3.17 bits per heavy atom. The minimum atomic E-state index is 0.101. The maximum absolute atomic E-state index is 11.4. The lowest BCUT2D eigenvalue weighted by molar-refractivity contribution is -0.132. The number of hydrogen-bond acceptors (Lipinski definition) is 4. The van der Waals surface area contributed by atoms with Crippen molar-refractivity contribution in [2.75, 3.05) is 20.2 Å². The first-order valence-electron chi connectivity index (χ1n) is 6.28. The molecule has 1 aromatic rings.